The number of halogens is 1. The van der Waals surface area contributed by atoms with Crippen LogP contribution in [0, 0.1) is 6.92 Å². The number of aromatic nitrogens is 1. The van der Waals surface area contributed by atoms with Crippen LogP contribution >= 0.6 is 15.9 Å². The minimum atomic E-state index is 0.916. The average Bonchev–Trinajstić information content (AvgIpc) is 2.44. The van der Waals surface area contributed by atoms with Gasteiger partial charge in [-0.15, -0.1) is 0 Å². The van der Waals surface area contributed by atoms with E-state index in [1.54, 1.807) is 0 Å². The first-order valence-electron chi connectivity index (χ1n) is 5.03. The lowest BCUT2D eigenvalue weighted by Gasteiger charge is -2.00. The molecule has 0 fully saturated rings. The average molecular weight is 267 g/mol. The monoisotopic (exact) mass is 266 g/mol. The van der Waals surface area contributed by atoms with Gasteiger partial charge in [0.05, 0.1) is 0 Å². The van der Waals surface area contributed by atoms with Crippen molar-refractivity contribution in [3.05, 3.63) is 33.9 Å². The van der Waals surface area contributed by atoms with Crippen molar-refractivity contribution in [2.75, 3.05) is 7.05 Å². The van der Waals surface area contributed by atoms with Crippen molar-refractivity contribution in [3.63, 3.8) is 0 Å². The molecule has 2 rings (SSSR count). The summed E-state index contributed by atoms with van der Waals surface area (Å²) in [6.07, 6.45) is 0. The lowest BCUT2D eigenvalue weighted by molar-refractivity contribution is 0.801. The molecule has 0 aliphatic heterocycles. The summed E-state index contributed by atoms with van der Waals surface area (Å²) in [6, 6.07) is 6.44. The molecule has 0 aliphatic carbocycles. The maximum absolute atomic E-state index is 3.52. The zero-order valence-corrected chi connectivity index (χ0v) is 10.9. The van der Waals surface area contributed by atoms with Crippen LogP contribution in [0.2, 0.25) is 0 Å². The van der Waals surface area contributed by atoms with Crippen molar-refractivity contribution in [2.24, 2.45) is 7.05 Å². The fourth-order valence-corrected chi connectivity index (χ4v) is 2.38. The molecule has 3 heteroatoms. The zero-order chi connectivity index (χ0) is 11.0. The molecular weight excluding hydrogens is 252 g/mol. The van der Waals surface area contributed by atoms with E-state index in [1.807, 2.05) is 7.05 Å². The number of aryl methyl sites for hydroxylation is 1. The summed E-state index contributed by atoms with van der Waals surface area (Å²) in [5.41, 5.74) is 4.01. The summed E-state index contributed by atoms with van der Waals surface area (Å²) in [5, 5.41) is 4.55. The van der Waals surface area contributed by atoms with E-state index in [-0.39, 0.29) is 0 Å². The van der Waals surface area contributed by atoms with Crippen molar-refractivity contribution in [3.8, 4) is 0 Å². The van der Waals surface area contributed by atoms with Gasteiger partial charge in [0, 0.05) is 34.7 Å². The summed E-state index contributed by atoms with van der Waals surface area (Å²) < 4.78 is 3.38. The van der Waals surface area contributed by atoms with E-state index in [4.69, 9.17) is 0 Å². The van der Waals surface area contributed by atoms with Crippen LogP contribution < -0.4 is 5.32 Å². The number of fused-ring (bicyclic) bond motifs is 1. The fourth-order valence-electron chi connectivity index (χ4n) is 2.02. The normalized spacial score (nSPS) is 11.2. The van der Waals surface area contributed by atoms with Gasteiger partial charge in [-0.05, 0) is 37.7 Å². The van der Waals surface area contributed by atoms with Gasteiger partial charge in [0.1, 0.15) is 0 Å². The molecule has 2 aromatic rings. The predicted molar refractivity (Wildman–Crippen MR) is 68.1 cm³/mol. The van der Waals surface area contributed by atoms with E-state index >= 15 is 0 Å². The maximum atomic E-state index is 3.52. The van der Waals surface area contributed by atoms with Gasteiger partial charge in [-0.3, -0.25) is 0 Å². The molecule has 0 amide bonds. The highest BCUT2D eigenvalue weighted by atomic mass is 79.9. The molecule has 0 aliphatic rings. The third-order valence-corrected chi connectivity index (χ3v) is 3.43. The first-order valence-corrected chi connectivity index (χ1v) is 5.82. The van der Waals surface area contributed by atoms with Gasteiger partial charge in [-0.25, -0.2) is 0 Å². The smallest absolute Gasteiger partial charge is 0.0483 e. The van der Waals surface area contributed by atoms with Crippen molar-refractivity contribution >= 4 is 26.8 Å². The zero-order valence-electron chi connectivity index (χ0n) is 9.26. The molecule has 2 nitrogen and oxygen atoms in total. The van der Waals surface area contributed by atoms with E-state index in [9.17, 15) is 0 Å². The van der Waals surface area contributed by atoms with E-state index < -0.39 is 0 Å². The number of hydrogen-bond donors (Lipinski definition) is 1. The van der Waals surface area contributed by atoms with Crippen LogP contribution in [0.25, 0.3) is 10.9 Å². The van der Waals surface area contributed by atoms with Crippen LogP contribution in [0.15, 0.2) is 22.7 Å². The molecule has 15 heavy (non-hydrogen) atoms. The SMILES string of the molecule is CNCc1c(C)n(C)c2ccc(Br)cc12. The van der Waals surface area contributed by atoms with Crippen LogP contribution in [0.4, 0.5) is 0 Å². The lowest BCUT2D eigenvalue weighted by atomic mass is 10.1. The van der Waals surface area contributed by atoms with Crippen molar-refractivity contribution in [1.29, 1.82) is 0 Å². The molecule has 1 N–H and O–H groups in total. The predicted octanol–water partition coefficient (Wildman–Crippen LogP) is 2.97. The highest BCUT2D eigenvalue weighted by Crippen LogP contribution is 2.27. The largest absolute Gasteiger partial charge is 0.348 e. The van der Waals surface area contributed by atoms with Gasteiger partial charge in [-0.2, -0.15) is 0 Å². The Bertz CT molecular complexity index is 500. The first-order chi connectivity index (χ1) is 7.15. The highest BCUT2D eigenvalue weighted by molar-refractivity contribution is 9.10. The third kappa shape index (κ3) is 1.70. The summed E-state index contributed by atoms with van der Waals surface area (Å²) in [6.45, 7) is 3.08. The molecule has 0 saturated carbocycles. The molecule has 0 bridgehead atoms. The van der Waals surface area contributed by atoms with Gasteiger partial charge < -0.3 is 9.88 Å². The van der Waals surface area contributed by atoms with Crippen LogP contribution in [0.3, 0.4) is 0 Å². The van der Waals surface area contributed by atoms with Crippen LogP contribution in [0.1, 0.15) is 11.3 Å². The quantitative estimate of drug-likeness (QED) is 0.885. The summed E-state index contributed by atoms with van der Waals surface area (Å²) in [7, 11) is 4.10. The first kappa shape index (κ1) is 10.7. The second-order valence-corrected chi connectivity index (χ2v) is 4.73. The minimum absolute atomic E-state index is 0.916. The standard InChI is InChI=1S/C12H15BrN2/c1-8-11(7-14-2)10-6-9(13)4-5-12(10)15(8)3/h4-6,14H,7H2,1-3H3. The molecular formula is C12H15BrN2. The van der Waals surface area contributed by atoms with Gasteiger partial charge in [0.2, 0.25) is 0 Å². The number of hydrogen-bond acceptors (Lipinski definition) is 1. The van der Waals surface area contributed by atoms with Crippen molar-refractivity contribution < 1.29 is 0 Å². The van der Waals surface area contributed by atoms with Gasteiger partial charge in [0.15, 0.2) is 0 Å². The summed E-state index contributed by atoms with van der Waals surface area (Å²) >= 11 is 3.52. The van der Waals surface area contributed by atoms with E-state index in [0.29, 0.717) is 0 Å². The molecule has 0 radical (unpaired) electrons. The Labute approximate surface area is 98.4 Å². The lowest BCUT2D eigenvalue weighted by Crippen LogP contribution is -2.06. The molecule has 1 aromatic heterocycles. The number of rotatable bonds is 2. The second-order valence-electron chi connectivity index (χ2n) is 3.81. The second kappa shape index (κ2) is 3.99. The van der Waals surface area contributed by atoms with Crippen molar-refractivity contribution in [1.82, 2.24) is 9.88 Å². The molecule has 0 unspecified atom stereocenters. The van der Waals surface area contributed by atoms with E-state index in [2.05, 4.69) is 58.0 Å². The Kier molecular flexibility index (Phi) is 2.85. The fraction of sp³-hybridized carbons (Fsp3) is 0.333. The number of benzene rings is 1. The van der Waals surface area contributed by atoms with Crippen LogP contribution in [0.5, 0.6) is 0 Å². The number of nitrogens with one attached hydrogen (secondary N) is 1. The topological polar surface area (TPSA) is 17.0 Å². The molecule has 1 aromatic carbocycles. The Morgan fingerprint density at radius 2 is 2.13 bits per heavy atom. The Morgan fingerprint density at radius 1 is 1.40 bits per heavy atom. The Balaban J connectivity index is 2.76. The Morgan fingerprint density at radius 3 is 2.80 bits per heavy atom. The molecule has 0 saturated heterocycles. The van der Waals surface area contributed by atoms with Gasteiger partial charge >= 0.3 is 0 Å². The van der Waals surface area contributed by atoms with E-state index in [1.165, 1.54) is 22.2 Å². The van der Waals surface area contributed by atoms with Crippen LogP contribution in [-0.2, 0) is 13.6 Å². The van der Waals surface area contributed by atoms with Crippen molar-refractivity contribution in [2.45, 2.75) is 13.5 Å². The molecule has 1 heterocycles. The minimum Gasteiger partial charge on any atom is -0.348 e. The van der Waals surface area contributed by atoms with Crippen LogP contribution in [-0.4, -0.2) is 11.6 Å². The molecule has 80 valence electrons. The van der Waals surface area contributed by atoms with Gasteiger partial charge in [-0.1, -0.05) is 15.9 Å². The Hall–Kier alpha value is -0.800. The summed E-state index contributed by atoms with van der Waals surface area (Å²) in [4.78, 5) is 0. The number of nitrogens with zero attached hydrogens (tertiary/aromatic N) is 1. The summed E-state index contributed by atoms with van der Waals surface area (Å²) in [5.74, 6) is 0. The van der Waals surface area contributed by atoms with E-state index in [0.717, 1.165) is 11.0 Å². The molecule has 0 atom stereocenters. The van der Waals surface area contributed by atoms with Gasteiger partial charge in [0.25, 0.3) is 0 Å². The third-order valence-electron chi connectivity index (χ3n) is 2.94. The maximum Gasteiger partial charge on any atom is 0.0483 e. The highest BCUT2D eigenvalue weighted by Gasteiger charge is 2.10. The molecule has 0 spiro atoms.